The van der Waals surface area contributed by atoms with Gasteiger partial charge in [-0.2, -0.15) is 11.3 Å². The van der Waals surface area contributed by atoms with Gasteiger partial charge in [-0.1, -0.05) is 0 Å². The van der Waals surface area contributed by atoms with Crippen molar-refractivity contribution in [3.05, 3.63) is 40.6 Å². The second-order valence-corrected chi connectivity index (χ2v) is 3.76. The standard InChI is InChI=1S/C10H10N2OS/c13-7-10-11-3-5-12(10)4-1-9-2-6-14-8-9/h2-3,5-8H,1,4H2. The van der Waals surface area contributed by atoms with E-state index in [9.17, 15) is 4.79 Å². The molecule has 0 N–H and O–H groups in total. The van der Waals surface area contributed by atoms with Crippen molar-refractivity contribution in [1.82, 2.24) is 9.55 Å². The van der Waals surface area contributed by atoms with E-state index in [0.717, 1.165) is 19.3 Å². The van der Waals surface area contributed by atoms with Gasteiger partial charge >= 0.3 is 0 Å². The Morgan fingerprint density at radius 2 is 2.50 bits per heavy atom. The van der Waals surface area contributed by atoms with Crippen LogP contribution in [0.2, 0.25) is 0 Å². The summed E-state index contributed by atoms with van der Waals surface area (Å²) in [5.74, 6) is 0.500. The van der Waals surface area contributed by atoms with Crippen molar-refractivity contribution in [3.63, 3.8) is 0 Å². The molecule has 0 saturated heterocycles. The fourth-order valence-electron chi connectivity index (χ4n) is 1.31. The van der Waals surface area contributed by atoms with E-state index in [0.29, 0.717) is 5.82 Å². The number of rotatable bonds is 4. The van der Waals surface area contributed by atoms with Crippen LogP contribution in [0.5, 0.6) is 0 Å². The molecule has 14 heavy (non-hydrogen) atoms. The normalized spacial score (nSPS) is 10.3. The van der Waals surface area contributed by atoms with Crippen molar-refractivity contribution in [1.29, 1.82) is 0 Å². The second-order valence-electron chi connectivity index (χ2n) is 2.98. The number of hydrogen-bond acceptors (Lipinski definition) is 3. The van der Waals surface area contributed by atoms with Gasteiger partial charge in [0.1, 0.15) is 0 Å². The van der Waals surface area contributed by atoms with Gasteiger partial charge in [-0.3, -0.25) is 4.79 Å². The van der Waals surface area contributed by atoms with Gasteiger partial charge in [-0.25, -0.2) is 4.98 Å². The van der Waals surface area contributed by atoms with Crippen molar-refractivity contribution < 1.29 is 4.79 Å². The minimum absolute atomic E-state index is 0.500. The van der Waals surface area contributed by atoms with Crippen LogP contribution in [0.4, 0.5) is 0 Å². The van der Waals surface area contributed by atoms with Crippen LogP contribution >= 0.6 is 11.3 Å². The number of aromatic nitrogens is 2. The van der Waals surface area contributed by atoms with Crippen LogP contribution in [0.3, 0.4) is 0 Å². The molecule has 0 radical (unpaired) electrons. The van der Waals surface area contributed by atoms with Gasteiger partial charge in [0, 0.05) is 18.9 Å². The van der Waals surface area contributed by atoms with Crippen LogP contribution in [0.15, 0.2) is 29.2 Å². The predicted molar refractivity (Wildman–Crippen MR) is 55.6 cm³/mol. The largest absolute Gasteiger partial charge is 0.328 e. The molecule has 0 aliphatic rings. The Bertz CT molecular complexity index is 405. The van der Waals surface area contributed by atoms with Gasteiger partial charge in [0.15, 0.2) is 12.1 Å². The van der Waals surface area contributed by atoms with E-state index in [1.807, 2.05) is 10.8 Å². The van der Waals surface area contributed by atoms with E-state index in [2.05, 4.69) is 21.8 Å². The summed E-state index contributed by atoms with van der Waals surface area (Å²) >= 11 is 1.69. The molecule has 0 spiro atoms. The zero-order valence-corrected chi connectivity index (χ0v) is 8.41. The van der Waals surface area contributed by atoms with Gasteiger partial charge in [0.25, 0.3) is 0 Å². The molecule has 0 saturated carbocycles. The number of carbonyl (C=O) groups excluding carboxylic acids is 1. The van der Waals surface area contributed by atoms with Crippen molar-refractivity contribution in [3.8, 4) is 0 Å². The van der Waals surface area contributed by atoms with Crippen molar-refractivity contribution >= 4 is 17.6 Å². The van der Waals surface area contributed by atoms with E-state index >= 15 is 0 Å². The maximum absolute atomic E-state index is 10.6. The maximum Gasteiger partial charge on any atom is 0.185 e. The predicted octanol–water partition coefficient (Wildman–Crippen LogP) is 2.00. The number of imidazole rings is 1. The molecule has 2 aromatic rings. The minimum Gasteiger partial charge on any atom is -0.328 e. The van der Waals surface area contributed by atoms with Gasteiger partial charge in [-0.05, 0) is 28.8 Å². The molecule has 0 amide bonds. The highest BCUT2D eigenvalue weighted by atomic mass is 32.1. The molecule has 0 unspecified atom stereocenters. The van der Waals surface area contributed by atoms with Crippen LogP contribution in [-0.4, -0.2) is 15.8 Å². The second kappa shape index (κ2) is 4.19. The Kier molecular flexibility index (Phi) is 2.74. The number of carbonyl (C=O) groups is 1. The zero-order valence-electron chi connectivity index (χ0n) is 7.59. The molecule has 4 heteroatoms. The molecule has 2 aromatic heterocycles. The quantitative estimate of drug-likeness (QED) is 0.717. The Morgan fingerprint density at radius 3 is 3.21 bits per heavy atom. The molecule has 0 aliphatic carbocycles. The summed E-state index contributed by atoms with van der Waals surface area (Å²) in [7, 11) is 0. The number of hydrogen-bond donors (Lipinski definition) is 0. The van der Waals surface area contributed by atoms with Crippen molar-refractivity contribution in [2.75, 3.05) is 0 Å². The zero-order chi connectivity index (χ0) is 9.80. The molecule has 0 fully saturated rings. The average molecular weight is 206 g/mol. The molecule has 0 aliphatic heterocycles. The SMILES string of the molecule is O=Cc1nccn1CCc1ccsc1. The van der Waals surface area contributed by atoms with Crippen molar-refractivity contribution in [2.45, 2.75) is 13.0 Å². The smallest absolute Gasteiger partial charge is 0.185 e. The Hall–Kier alpha value is -1.42. The van der Waals surface area contributed by atoms with Crippen LogP contribution in [0, 0.1) is 0 Å². The molecule has 0 aromatic carbocycles. The van der Waals surface area contributed by atoms with E-state index in [4.69, 9.17) is 0 Å². The summed E-state index contributed by atoms with van der Waals surface area (Å²) in [4.78, 5) is 14.5. The maximum atomic E-state index is 10.6. The first-order valence-electron chi connectivity index (χ1n) is 4.37. The first-order chi connectivity index (χ1) is 6.90. The Labute approximate surface area is 86.0 Å². The summed E-state index contributed by atoms with van der Waals surface area (Å²) < 4.78 is 1.87. The number of aryl methyl sites for hydroxylation is 2. The van der Waals surface area contributed by atoms with Gasteiger partial charge in [-0.15, -0.1) is 0 Å². The fourth-order valence-corrected chi connectivity index (χ4v) is 2.02. The van der Waals surface area contributed by atoms with Crippen molar-refractivity contribution in [2.24, 2.45) is 0 Å². The van der Waals surface area contributed by atoms with Crippen LogP contribution < -0.4 is 0 Å². The molecule has 72 valence electrons. The number of aldehydes is 1. The number of thiophene rings is 1. The van der Waals surface area contributed by atoms with Crippen LogP contribution in [0.25, 0.3) is 0 Å². The highest BCUT2D eigenvalue weighted by Crippen LogP contribution is 2.08. The highest BCUT2D eigenvalue weighted by Gasteiger charge is 2.00. The summed E-state index contributed by atoms with van der Waals surface area (Å²) in [5.41, 5.74) is 1.31. The molecule has 0 bridgehead atoms. The van der Waals surface area contributed by atoms with E-state index in [1.54, 1.807) is 17.5 Å². The minimum atomic E-state index is 0.500. The van der Waals surface area contributed by atoms with E-state index < -0.39 is 0 Å². The molecule has 0 atom stereocenters. The van der Waals surface area contributed by atoms with E-state index in [1.165, 1.54) is 5.56 Å². The fraction of sp³-hybridized carbons (Fsp3) is 0.200. The summed E-state index contributed by atoms with van der Waals surface area (Å²) in [6, 6.07) is 2.10. The number of nitrogens with zero attached hydrogens (tertiary/aromatic N) is 2. The lowest BCUT2D eigenvalue weighted by molar-refractivity contribution is 0.111. The molecular formula is C10H10N2OS. The molecule has 2 rings (SSSR count). The summed E-state index contributed by atoms with van der Waals surface area (Å²) in [5, 5.41) is 4.18. The Balaban J connectivity index is 2.01. The van der Waals surface area contributed by atoms with Gasteiger partial charge in [0.2, 0.25) is 0 Å². The third-order valence-corrected chi connectivity index (χ3v) is 2.81. The monoisotopic (exact) mass is 206 g/mol. The summed E-state index contributed by atoms with van der Waals surface area (Å²) in [6.07, 6.45) is 5.21. The molecular weight excluding hydrogens is 196 g/mol. The van der Waals surface area contributed by atoms with Gasteiger partial charge in [0.05, 0.1) is 0 Å². The third kappa shape index (κ3) is 1.90. The molecule has 2 heterocycles. The average Bonchev–Trinajstić information content (AvgIpc) is 2.85. The van der Waals surface area contributed by atoms with Crippen LogP contribution in [0.1, 0.15) is 16.2 Å². The lowest BCUT2D eigenvalue weighted by Crippen LogP contribution is -2.03. The van der Waals surface area contributed by atoms with Crippen LogP contribution in [-0.2, 0) is 13.0 Å². The first kappa shape index (κ1) is 9.15. The first-order valence-corrected chi connectivity index (χ1v) is 5.32. The Morgan fingerprint density at radius 1 is 1.57 bits per heavy atom. The van der Waals surface area contributed by atoms with Gasteiger partial charge < -0.3 is 4.57 Å². The molecule has 3 nitrogen and oxygen atoms in total. The highest BCUT2D eigenvalue weighted by molar-refractivity contribution is 7.07. The summed E-state index contributed by atoms with van der Waals surface area (Å²) in [6.45, 7) is 0.810. The topological polar surface area (TPSA) is 34.9 Å². The third-order valence-electron chi connectivity index (χ3n) is 2.07. The van der Waals surface area contributed by atoms with E-state index in [-0.39, 0.29) is 0 Å². The lowest BCUT2D eigenvalue weighted by atomic mass is 10.2. The lowest BCUT2D eigenvalue weighted by Gasteiger charge is -2.01.